The molecule has 0 aliphatic carbocycles. The van der Waals surface area contributed by atoms with Gasteiger partial charge in [-0.1, -0.05) is 49.4 Å². The largest absolute Gasteiger partial charge is 0.487 e. The van der Waals surface area contributed by atoms with Crippen molar-refractivity contribution in [3.8, 4) is 5.75 Å². The van der Waals surface area contributed by atoms with Gasteiger partial charge in [-0.15, -0.1) is 24.8 Å². The molecular formula is C23H34Cl2N2O2. The van der Waals surface area contributed by atoms with Gasteiger partial charge in [0.2, 0.25) is 0 Å². The third-order valence-corrected chi connectivity index (χ3v) is 5.32. The second-order valence-electron chi connectivity index (χ2n) is 8.17. The van der Waals surface area contributed by atoms with Gasteiger partial charge in [-0.3, -0.25) is 0 Å². The summed E-state index contributed by atoms with van der Waals surface area (Å²) in [5.41, 5.74) is 9.63. The molecule has 0 fully saturated rings. The lowest BCUT2D eigenvalue weighted by atomic mass is 9.88. The quantitative estimate of drug-likeness (QED) is 0.602. The zero-order chi connectivity index (χ0) is 19.4. The number of nitrogens with one attached hydrogen (secondary N) is 1. The van der Waals surface area contributed by atoms with Gasteiger partial charge in [0, 0.05) is 30.6 Å². The van der Waals surface area contributed by atoms with E-state index in [4.69, 9.17) is 10.5 Å². The van der Waals surface area contributed by atoms with Gasteiger partial charge < -0.3 is 20.9 Å². The Bertz CT molecular complexity index is 756. The Morgan fingerprint density at radius 3 is 2.48 bits per heavy atom. The summed E-state index contributed by atoms with van der Waals surface area (Å²) in [5, 5.41) is 14.1. The van der Waals surface area contributed by atoms with Gasteiger partial charge >= 0.3 is 0 Å². The molecule has 1 aliphatic heterocycles. The minimum Gasteiger partial charge on any atom is -0.487 e. The van der Waals surface area contributed by atoms with Crippen molar-refractivity contribution in [1.29, 1.82) is 0 Å². The van der Waals surface area contributed by atoms with Crippen LogP contribution >= 0.6 is 24.8 Å². The first-order chi connectivity index (χ1) is 12.9. The van der Waals surface area contributed by atoms with Gasteiger partial charge in [0.1, 0.15) is 11.4 Å². The first-order valence-electron chi connectivity index (χ1n) is 9.91. The van der Waals surface area contributed by atoms with Crippen LogP contribution in [0.4, 0.5) is 0 Å². The van der Waals surface area contributed by atoms with E-state index in [1.165, 1.54) is 11.1 Å². The van der Waals surface area contributed by atoms with Crippen LogP contribution in [0, 0.1) is 0 Å². The van der Waals surface area contributed by atoms with Crippen LogP contribution < -0.4 is 15.8 Å². The zero-order valence-corrected chi connectivity index (χ0v) is 19.1. The molecule has 0 aromatic heterocycles. The third kappa shape index (κ3) is 6.87. The fourth-order valence-electron chi connectivity index (χ4n) is 3.74. The summed E-state index contributed by atoms with van der Waals surface area (Å²) in [6, 6.07) is 16.3. The number of nitrogens with two attached hydrogens (primary N) is 1. The first-order valence-corrected chi connectivity index (χ1v) is 9.91. The number of ether oxygens (including phenoxy) is 1. The molecular weight excluding hydrogens is 407 g/mol. The average molecular weight is 441 g/mol. The maximum absolute atomic E-state index is 10.6. The number of hydrogen-bond acceptors (Lipinski definition) is 4. The smallest absolute Gasteiger partial charge is 0.124 e. The second kappa shape index (κ2) is 11.2. The van der Waals surface area contributed by atoms with E-state index in [0.717, 1.165) is 24.2 Å². The number of rotatable bonds is 7. The Kier molecular flexibility index (Phi) is 9.93. The molecule has 1 aliphatic rings. The molecule has 0 radical (unpaired) electrons. The molecule has 0 unspecified atom stereocenters. The van der Waals surface area contributed by atoms with Crippen LogP contribution in [-0.4, -0.2) is 29.4 Å². The van der Waals surface area contributed by atoms with E-state index in [1.54, 1.807) is 0 Å². The Morgan fingerprint density at radius 2 is 1.83 bits per heavy atom. The topological polar surface area (TPSA) is 67.5 Å². The highest BCUT2D eigenvalue weighted by Gasteiger charge is 2.34. The lowest BCUT2D eigenvalue weighted by Gasteiger charge is -2.38. The van der Waals surface area contributed by atoms with Crippen LogP contribution in [0.2, 0.25) is 0 Å². The van der Waals surface area contributed by atoms with Crippen molar-refractivity contribution in [2.75, 3.05) is 6.54 Å². The van der Waals surface area contributed by atoms with Crippen molar-refractivity contribution < 1.29 is 9.84 Å². The van der Waals surface area contributed by atoms with Crippen molar-refractivity contribution >= 4 is 24.8 Å². The highest BCUT2D eigenvalue weighted by Crippen LogP contribution is 2.40. The maximum Gasteiger partial charge on any atom is 0.124 e. The molecule has 1 heterocycles. The second-order valence-corrected chi connectivity index (χ2v) is 8.17. The summed E-state index contributed by atoms with van der Waals surface area (Å²) < 4.78 is 6.16. The van der Waals surface area contributed by atoms with E-state index < -0.39 is 6.10 Å². The summed E-state index contributed by atoms with van der Waals surface area (Å²) in [5.74, 6) is 0.934. The molecule has 4 nitrogen and oxygen atoms in total. The molecule has 162 valence electrons. The summed E-state index contributed by atoms with van der Waals surface area (Å²) in [6.45, 7) is 6.83. The Morgan fingerprint density at radius 1 is 1.14 bits per heavy atom. The Hall–Kier alpha value is -1.30. The van der Waals surface area contributed by atoms with E-state index in [2.05, 4.69) is 44.3 Å². The van der Waals surface area contributed by atoms with Crippen LogP contribution in [0.25, 0.3) is 0 Å². The van der Waals surface area contributed by atoms with Gasteiger partial charge in [-0.25, -0.2) is 0 Å². The lowest BCUT2D eigenvalue weighted by Crippen LogP contribution is -2.46. The van der Waals surface area contributed by atoms with E-state index in [0.29, 0.717) is 13.0 Å². The standard InChI is InChI=1S/C23H32N2O2.2ClH/c1-4-16-10-11-22-18(12-16)20(14-23(2,3)27-22)25-15-21(26)19(24)13-17-8-6-5-7-9-17;;/h5-12,19-21,25-26H,4,13-15,24H2,1-3H3;2*1H/t19-,20-,21+;;/m0../s1. The molecule has 0 bridgehead atoms. The van der Waals surface area contributed by atoms with Crippen molar-refractivity contribution in [3.05, 3.63) is 65.2 Å². The normalized spacial score (nSPS) is 19.0. The Balaban J connectivity index is 0.00000210. The average Bonchev–Trinajstić information content (AvgIpc) is 2.65. The summed E-state index contributed by atoms with van der Waals surface area (Å²) in [4.78, 5) is 0. The number of aliphatic hydroxyl groups is 1. The summed E-state index contributed by atoms with van der Waals surface area (Å²) in [6.07, 6.45) is 1.91. The van der Waals surface area contributed by atoms with Crippen molar-refractivity contribution in [3.63, 3.8) is 0 Å². The van der Waals surface area contributed by atoms with Crippen LogP contribution in [0.5, 0.6) is 5.75 Å². The van der Waals surface area contributed by atoms with E-state index in [-0.39, 0.29) is 42.5 Å². The minimum absolute atomic E-state index is 0. The van der Waals surface area contributed by atoms with E-state index >= 15 is 0 Å². The summed E-state index contributed by atoms with van der Waals surface area (Å²) in [7, 11) is 0. The molecule has 0 saturated heterocycles. The number of aryl methyl sites for hydroxylation is 1. The maximum atomic E-state index is 10.6. The van der Waals surface area contributed by atoms with Crippen LogP contribution in [-0.2, 0) is 12.8 Å². The van der Waals surface area contributed by atoms with Crippen molar-refractivity contribution in [2.24, 2.45) is 5.73 Å². The van der Waals surface area contributed by atoms with Crippen molar-refractivity contribution in [2.45, 2.75) is 63.8 Å². The Labute approximate surface area is 187 Å². The molecule has 3 atom stereocenters. The number of aliphatic hydroxyl groups excluding tert-OH is 1. The number of benzene rings is 2. The molecule has 2 aromatic carbocycles. The SMILES string of the molecule is CCc1ccc2c(c1)[C@@H](NC[C@@H](O)[C@@H](N)Cc1ccccc1)CC(C)(C)O2.Cl.Cl. The number of hydrogen-bond donors (Lipinski definition) is 3. The monoisotopic (exact) mass is 440 g/mol. The predicted octanol–water partition coefficient (Wildman–Crippen LogP) is 4.22. The molecule has 2 aromatic rings. The first kappa shape index (κ1) is 25.7. The van der Waals surface area contributed by atoms with Gasteiger partial charge in [0.05, 0.1) is 6.10 Å². The van der Waals surface area contributed by atoms with Gasteiger partial charge in [-0.2, -0.15) is 0 Å². The van der Waals surface area contributed by atoms with Crippen molar-refractivity contribution in [1.82, 2.24) is 5.32 Å². The van der Waals surface area contributed by atoms with Gasteiger partial charge in [0.25, 0.3) is 0 Å². The molecule has 0 spiro atoms. The third-order valence-electron chi connectivity index (χ3n) is 5.32. The molecule has 3 rings (SSSR count). The van der Waals surface area contributed by atoms with Crippen LogP contribution in [0.1, 0.15) is 49.9 Å². The highest BCUT2D eigenvalue weighted by atomic mass is 35.5. The molecule has 6 heteroatoms. The fourth-order valence-corrected chi connectivity index (χ4v) is 3.74. The number of halogens is 2. The molecule has 0 amide bonds. The zero-order valence-electron chi connectivity index (χ0n) is 17.4. The predicted molar refractivity (Wildman–Crippen MR) is 125 cm³/mol. The summed E-state index contributed by atoms with van der Waals surface area (Å²) >= 11 is 0. The van der Waals surface area contributed by atoms with E-state index in [1.807, 2.05) is 30.3 Å². The lowest BCUT2D eigenvalue weighted by molar-refractivity contribution is 0.0604. The van der Waals surface area contributed by atoms with Crippen LogP contribution in [0.15, 0.2) is 48.5 Å². The molecule has 4 N–H and O–H groups in total. The van der Waals surface area contributed by atoms with E-state index in [9.17, 15) is 5.11 Å². The molecule has 29 heavy (non-hydrogen) atoms. The van der Waals surface area contributed by atoms with Crippen LogP contribution in [0.3, 0.4) is 0 Å². The fraction of sp³-hybridized carbons (Fsp3) is 0.478. The minimum atomic E-state index is -0.603. The number of fused-ring (bicyclic) bond motifs is 1. The van der Waals surface area contributed by atoms with Gasteiger partial charge in [-0.05, 0) is 43.9 Å². The molecule has 0 saturated carbocycles. The highest BCUT2D eigenvalue weighted by molar-refractivity contribution is 5.85. The van der Waals surface area contributed by atoms with Gasteiger partial charge in [0.15, 0.2) is 0 Å².